The molecule has 1 aliphatic rings. The summed E-state index contributed by atoms with van der Waals surface area (Å²) in [4.78, 5) is 17.1. The zero-order chi connectivity index (χ0) is 16.6. The zero-order valence-corrected chi connectivity index (χ0v) is 12.9. The summed E-state index contributed by atoms with van der Waals surface area (Å²) in [7, 11) is 0. The van der Waals surface area contributed by atoms with Gasteiger partial charge in [0.1, 0.15) is 5.82 Å². The Morgan fingerprint density at radius 1 is 1.43 bits per heavy atom. The van der Waals surface area contributed by atoms with Crippen molar-refractivity contribution in [1.82, 2.24) is 14.5 Å². The number of imidazole rings is 1. The Labute approximate surface area is 132 Å². The van der Waals surface area contributed by atoms with E-state index in [0.29, 0.717) is 12.4 Å². The molecule has 0 bridgehead atoms. The number of benzene rings is 1. The molecule has 1 fully saturated rings. The largest absolute Gasteiger partial charge is 0.481 e. The quantitative estimate of drug-likeness (QED) is 0.939. The smallest absolute Gasteiger partial charge is 0.308 e. The highest BCUT2D eigenvalue weighted by Crippen LogP contribution is 2.31. The minimum atomic E-state index is -2.98. The van der Waals surface area contributed by atoms with Crippen LogP contribution in [-0.2, 0) is 17.9 Å². The summed E-state index contributed by atoms with van der Waals surface area (Å²) in [6, 6.07) is 7.63. The monoisotopic (exact) mass is 323 g/mol. The first kappa shape index (κ1) is 15.9. The Hall–Kier alpha value is -2.02. The Morgan fingerprint density at radius 2 is 2.17 bits per heavy atom. The van der Waals surface area contributed by atoms with E-state index in [0.717, 1.165) is 11.0 Å². The predicted octanol–water partition coefficient (Wildman–Crippen LogP) is 2.60. The second-order valence-corrected chi connectivity index (χ2v) is 6.03. The summed E-state index contributed by atoms with van der Waals surface area (Å²) in [5, 5.41) is 9.09. The molecule has 124 valence electrons. The predicted molar refractivity (Wildman–Crippen MR) is 81.4 cm³/mol. The zero-order valence-electron chi connectivity index (χ0n) is 12.9. The van der Waals surface area contributed by atoms with Crippen LogP contribution in [0.15, 0.2) is 24.3 Å². The number of aliphatic carboxylic acids is 1. The summed E-state index contributed by atoms with van der Waals surface area (Å²) >= 11 is 0. The lowest BCUT2D eigenvalue weighted by atomic mass is 9.95. The minimum Gasteiger partial charge on any atom is -0.481 e. The van der Waals surface area contributed by atoms with Crippen molar-refractivity contribution in [1.29, 1.82) is 0 Å². The number of piperidine rings is 1. The van der Waals surface area contributed by atoms with Crippen molar-refractivity contribution in [2.24, 2.45) is 5.92 Å². The van der Waals surface area contributed by atoms with Gasteiger partial charge in [-0.3, -0.25) is 9.69 Å². The van der Waals surface area contributed by atoms with Crippen LogP contribution in [0.1, 0.15) is 19.2 Å². The summed E-state index contributed by atoms with van der Waals surface area (Å²) in [6.07, 6.45) is -0.594. The molecule has 2 heterocycles. The number of para-hydroxylation sites is 2. The molecule has 23 heavy (non-hydrogen) atoms. The molecule has 1 aromatic carbocycles. The molecular weight excluding hydrogens is 304 g/mol. The van der Waals surface area contributed by atoms with Gasteiger partial charge in [-0.15, -0.1) is 0 Å². The van der Waals surface area contributed by atoms with E-state index in [1.165, 1.54) is 4.90 Å². The van der Waals surface area contributed by atoms with E-state index in [-0.39, 0.29) is 13.1 Å². The molecule has 1 aliphatic heterocycles. The van der Waals surface area contributed by atoms with E-state index in [1.54, 1.807) is 0 Å². The average molecular weight is 323 g/mol. The number of carboxylic acid groups (broad SMARTS) is 1. The number of hydrogen-bond acceptors (Lipinski definition) is 3. The van der Waals surface area contributed by atoms with Gasteiger partial charge in [0.2, 0.25) is 0 Å². The van der Waals surface area contributed by atoms with Crippen LogP contribution < -0.4 is 0 Å². The standard InChI is InChI=1S/C16H19F2N3O2/c1-2-21-13-6-4-3-5-12(13)19-14(21)9-20-8-11(15(22)23)7-16(17,18)10-20/h3-6,11H,2,7-10H2,1H3,(H,22,23). The molecule has 0 spiro atoms. The van der Waals surface area contributed by atoms with Crippen molar-refractivity contribution >= 4 is 17.0 Å². The van der Waals surface area contributed by atoms with Gasteiger partial charge in [-0.1, -0.05) is 12.1 Å². The van der Waals surface area contributed by atoms with Gasteiger partial charge in [0.25, 0.3) is 5.92 Å². The lowest BCUT2D eigenvalue weighted by molar-refractivity contribution is -0.153. The van der Waals surface area contributed by atoms with Crippen molar-refractivity contribution in [3.8, 4) is 0 Å². The molecule has 1 saturated heterocycles. The highest BCUT2D eigenvalue weighted by atomic mass is 19.3. The molecule has 0 aliphatic carbocycles. The number of carboxylic acids is 1. The van der Waals surface area contributed by atoms with Crippen molar-refractivity contribution in [3.63, 3.8) is 0 Å². The lowest BCUT2D eigenvalue weighted by Crippen LogP contribution is -2.48. The fourth-order valence-electron chi connectivity index (χ4n) is 3.28. The average Bonchev–Trinajstić information content (AvgIpc) is 2.82. The molecule has 1 atom stereocenters. The van der Waals surface area contributed by atoms with Crippen molar-refractivity contribution in [2.75, 3.05) is 13.1 Å². The first-order valence-corrected chi connectivity index (χ1v) is 7.67. The third-order valence-corrected chi connectivity index (χ3v) is 4.24. The van der Waals surface area contributed by atoms with Gasteiger partial charge >= 0.3 is 5.97 Å². The Bertz CT molecular complexity index is 729. The molecule has 3 rings (SSSR count). The van der Waals surface area contributed by atoms with Crippen LogP contribution in [0.5, 0.6) is 0 Å². The Balaban J connectivity index is 1.87. The van der Waals surface area contributed by atoms with E-state index in [9.17, 15) is 13.6 Å². The number of halogens is 2. The number of aryl methyl sites for hydroxylation is 1. The third kappa shape index (κ3) is 3.19. The first-order valence-electron chi connectivity index (χ1n) is 7.67. The molecular formula is C16H19F2N3O2. The fraction of sp³-hybridized carbons (Fsp3) is 0.500. The first-order chi connectivity index (χ1) is 10.9. The molecule has 2 aromatic rings. The maximum absolute atomic E-state index is 13.8. The van der Waals surface area contributed by atoms with E-state index in [2.05, 4.69) is 4.98 Å². The number of rotatable bonds is 4. The number of hydrogen-bond donors (Lipinski definition) is 1. The van der Waals surface area contributed by atoms with E-state index in [4.69, 9.17) is 5.11 Å². The SMILES string of the molecule is CCn1c(CN2CC(C(=O)O)CC(F)(F)C2)nc2ccccc21. The molecule has 0 saturated carbocycles. The second kappa shape index (κ2) is 5.88. The Morgan fingerprint density at radius 3 is 2.87 bits per heavy atom. The van der Waals surface area contributed by atoms with Crippen molar-refractivity contribution in [3.05, 3.63) is 30.1 Å². The number of aromatic nitrogens is 2. The maximum atomic E-state index is 13.8. The van der Waals surface area contributed by atoms with Crippen LogP contribution in [0.25, 0.3) is 11.0 Å². The van der Waals surface area contributed by atoms with Gasteiger partial charge < -0.3 is 9.67 Å². The van der Waals surface area contributed by atoms with E-state index >= 15 is 0 Å². The molecule has 1 aromatic heterocycles. The van der Waals surface area contributed by atoms with Crippen LogP contribution in [0.4, 0.5) is 8.78 Å². The van der Waals surface area contributed by atoms with Crippen LogP contribution in [0, 0.1) is 5.92 Å². The lowest BCUT2D eigenvalue weighted by Gasteiger charge is -2.35. The van der Waals surface area contributed by atoms with Crippen LogP contribution in [-0.4, -0.2) is 44.5 Å². The molecule has 5 nitrogen and oxygen atoms in total. The van der Waals surface area contributed by atoms with Gasteiger partial charge in [-0.05, 0) is 19.1 Å². The summed E-state index contributed by atoms with van der Waals surface area (Å²) in [6.45, 7) is 2.58. The number of fused-ring (bicyclic) bond motifs is 1. The minimum absolute atomic E-state index is 0.123. The van der Waals surface area contributed by atoms with E-state index in [1.807, 2.05) is 35.8 Å². The van der Waals surface area contributed by atoms with Gasteiger partial charge in [0.05, 0.1) is 30.0 Å². The van der Waals surface area contributed by atoms with Crippen LogP contribution in [0.3, 0.4) is 0 Å². The van der Waals surface area contributed by atoms with Gasteiger partial charge in [0, 0.05) is 19.5 Å². The molecule has 1 unspecified atom stereocenters. The summed E-state index contributed by atoms with van der Waals surface area (Å²) in [5.74, 6) is -4.50. The maximum Gasteiger partial charge on any atom is 0.308 e. The van der Waals surface area contributed by atoms with Crippen molar-refractivity contribution in [2.45, 2.75) is 32.4 Å². The number of nitrogens with zero attached hydrogens (tertiary/aromatic N) is 3. The molecule has 0 amide bonds. The topological polar surface area (TPSA) is 58.4 Å². The molecule has 7 heteroatoms. The fourth-order valence-corrected chi connectivity index (χ4v) is 3.28. The molecule has 1 N–H and O–H groups in total. The van der Waals surface area contributed by atoms with Crippen LogP contribution in [0.2, 0.25) is 0 Å². The van der Waals surface area contributed by atoms with Crippen LogP contribution >= 0.6 is 0 Å². The summed E-state index contributed by atoms with van der Waals surface area (Å²) < 4.78 is 29.6. The van der Waals surface area contributed by atoms with Gasteiger partial charge in [-0.25, -0.2) is 13.8 Å². The number of alkyl halides is 2. The highest BCUT2D eigenvalue weighted by molar-refractivity contribution is 5.75. The second-order valence-electron chi connectivity index (χ2n) is 6.03. The van der Waals surface area contributed by atoms with Crippen molar-refractivity contribution < 1.29 is 18.7 Å². The number of carbonyl (C=O) groups is 1. The van der Waals surface area contributed by atoms with Gasteiger partial charge in [0.15, 0.2) is 0 Å². The van der Waals surface area contributed by atoms with E-state index < -0.39 is 30.8 Å². The summed E-state index contributed by atoms with van der Waals surface area (Å²) in [5.41, 5.74) is 1.78. The van der Waals surface area contributed by atoms with Gasteiger partial charge in [-0.2, -0.15) is 0 Å². The highest BCUT2D eigenvalue weighted by Gasteiger charge is 2.43. The normalized spacial score (nSPS) is 21.6. The molecule has 0 radical (unpaired) electrons. The third-order valence-electron chi connectivity index (χ3n) is 4.24. The Kier molecular flexibility index (Phi) is 4.06. The number of likely N-dealkylation sites (tertiary alicyclic amines) is 1.